The Morgan fingerprint density at radius 3 is 2.74 bits per heavy atom. The molecule has 2 fully saturated rings. The topological polar surface area (TPSA) is 78.9 Å². The van der Waals surface area contributed by atoms with Crippen LogP contribution in [-0.2, 0) is 4.74 Å². The lowest BCUT2D eigenvalue weighted by molar-refractivity contribution is 0.0702. The smallest absolute Gasteiger partial charge is 0.345 e. The first-order valence-corrected chi connectivity index (χ1v) is 8.81. The SMILES string of the molecule is COC1CCN([C@@H]2CCC[C@@H]2NC(=O)c2ccc(C(=O)O)s2)C1. The van der Waals surface area contributed by atoms with E-state index < -0.39 is 5.97 Å². The molecule has 6 nitrogen and oxygen atoms in total. The Bertz CT molecular complexity index is 588. The minimum Gasteiger partial charge on any atom is -0.477 e. The molecule has 2 aliphatic rings. The number of carboxylic acids is 1. The zero-order valence-corrected chi connectivity index (χ0v) is 14.0. The maximum atomic E-state index is 12.4. The molecule has 2 N–H and O–H groups in total. The number of likely N-dealkylation sites (tertiary alicyclic amines) is 1. The van der Waals surface area contributed by atoms with Crippen molar-refractivity contribution in [2.75, 3.05) is 20.2 Å². The summed E-state index contributed by atoms with van der Waals surface area (Å²) in [5, 5.41) is 12.1. The number of carboxylic acid groups (broad SMARTS) is 1. The minimum atomic E-state index is -0.990. The van der Waals surface area contributed by atoms with Gasteiger partial charge in [-0.25, -0.2) is 4.79 Å². The fourth-order valence-corrected chi connectivity index (χ4v) is 4.36. The van der Waals surface area contributed by atoms with Crippen molar-refractivity contribution in [1.29, 1.82) is 0 Å². The van der Waals surface area contributed by atoms with Gasteiger partial charge in [-0.15, -0.1) is 11.3 Å². The molecule has 0 bridgehead atoms. The van der Waals surface area contributed by atoms with E-state index >= 15 is 0 Å². The molecule has 1 amide bonds. The number of thiophene rings is 1. The van der Waals surface area contributed by atoms with Gasteiger partial charge in [-0.1, -0.05) is 0 Å². The van der Waals surface area contributed by atoms with E-state index in [2.05, 4.69) is 10.2 Å². The molecule has 1 aromatic rings. The molecule has 1 aromatic heterocycles. The van der Waals surface area contributed by atoms with Crippen LogP contribution in [0.3, 0.4) is 0 Å². The van der Waals surface area contributed by atoms with E-state index in [1.165, 1.54) is 6.07 Å². The molecule has 1 unspecified atom stereocenters. The Morgan fingerprint density at radius 2 is 2.09 bits per heavy atom. The highest BCUT2D eigenvalue weighted by Gasteiger charge is 2.37. The summed E-state index contributed by atoms with van der Waals surface area (Å²) in [4.78, 5) is 26.4. The Labute approximate surface area is 139 Å². The van der Waals surface area contributed by atoms with Crippen molar-refractivity contribution in [2.24, 2.45) is 0 Å². The third-order valence-corrected chi connectivity index (χ3v) is 5.89. The molecule has 1 aliphatic heterocycles. The zero-order chi connectivity index (χ0) is 16.4. The van der Waals surface area contributed by atoms with Crippen LogP contribution in [0.25, 0.3) is 0 Å². The van der Waals surface area contributed by atoms with Gasteiger partial charge in [0.15, 0.2) is 0 Å². The first kappa shape index (κ1) is 16.4. The van der Waals surface area contributed by atoms with E-state index in [4.69, 9.17) is 9.84 Å². The lowest BCUT2D eigenvalue weighted by atomic mass is 10.1. The number of nitrogens with one attached hydrogen (secondary N) is 1. The van der Waals surface area contributed by atoms with Crippen LogP contribution >= 0.6 is 11.3 Å². The Morgan fingerprint density at radius 1 is 1.30 bits per heavy atom. The van der Waals surface area contributed by atoms with E-state index in [9.17, 15) is 9.59 Å². The van der Waals surface area contributed by atoms with Gasteiger partial charge >= 0.3 is 5.97 Å². The van der Waals surface area contributed by atoms with Gasteiger partial charge in [0.25, 0.3) is 5.91 Å². The number of amides is 1. The van der Waals surface area contributed by atoms with Crippen LogP contribution in [0.1, 0.15) is 45.0 Å². The third-order valence-electron chi connectivity index (χ3n) is 4.82. The van der Waals surface area contributed by atoms with Crippen molar-refractivity contribution in [3.05, 3.63) is 21.9 Å². The van der Waals surface area contributed by atoms with E-state index in [-0.39, 0.29) is 16.8 Å². The third kappa shape index (κ3) is 3.57. The first-order chi connectivity index (χ1) is 11.1. The minimum absolute atomic E-state index is 0.133. The van der Waals surface area contributed by atoms with E-state index in [0.717, 1.165) is 50.1 Å². The summed E-state index contributed by atoms with van der Waals surface area (Å²) >= 11 is 1.02. The molecule has 1 aliphatic carbocycles. The molecular weight excluding hydrogens is 316 g/mol. The predicted octanol–water partition coefficient (Wildman–Crippen LogP) is 1.82. The van der Waals surface area contributed by atoms with Gasteiger partial charge < -0.3 is 15.2 Å². The summed E-state index contributed by atoms with van der Waals surface area (Å²) in [6.45, 7) is 1.94. The number of ether oxygens (including phenoxy) is 1. The highest BCUT2D eigenvalue weighted by atomic mass is 32.1. The number of hydrogen-bond acceptors (Lipinski definition) is 5. The quantitative estimate of drug-likeness (QED) is 0.856. The van der Waals surface area contributed by atoms with Gasteiger partial charge in [0.2, 0.25) is 0 Å². The standard InChI is InChI=1S/C16H22N2O4S/c1-22-10-7-8-18(9-10)12-4-2-3-11(12)17-15(19)13-5-6-14(23-13)16(20)21/h5-6,10-12H,2-4,7-9H2,1H3,(H,17,19)(H,20,21)/t10?,11-,12+/m0/s1. The fourth-order valence-electron chi connectivity index (χ4n) is 3.61. The van der Waals surface area contributed by atoms with Crippen molar-refractivity contribution in [2.45, 2.75) is 43.9 Å². The van der Waals surface area contributed by atoms with Crippen molar-refractivity contribution >= 4 is 23.2 Å². The van der Waals surface area contributed by atoms with Crippen molar-refractivity contribution in [1.82, 2.24) is 10.2 Å². The van der Waals surface area contributed by atoms with Crippen LogP contribution in [-0.4, -0.2) is 60.3 Å². The van der Waals surface area contributed by atoms with Gasteiger partial charge in [0.05, 0.1) is 11.0 Å². The first-order valence-electron chi connectivity index (χ1n) is 7.99. The normalized spacial score (nSPS) is 28.1. The predicted molar refractivity (Wildman–Crippen MR) is 87.2 cm³/mol. The number of methoxy groups -OCH3 is 1. The van der Waals surface area contributed by atoms with Crippen LogP contribution in [0.15, 0.2) is 12.1 Å². The lowest BCUT2D eigenvalue weighted by Crippen LogP contribution is -2.48. The highest BCUT2D eigenvalue weighted by molar-refractivity contribution is 7.15. The number of carbonyl (C=O) groups is 2. The molecule has 0 aromatic carbocycles. The second kappa shape index (κ2) is 6.98. The molecule has 23 heavy (non-hydrogen) atoms. The van der Waals surface area contributed by atoms with E-state index in [1.54, 1.807) is 13.2 Å². The zero-order valence-electron chi connectivity index (χ0n) is 13.2. The van der Waals surface area contributed by atoms with Crippen LogP contribution < -0.4 is 5.32 Å². The van der Waals surface area contributed by atoms with Crippen LogP contribution in [0.5, 0.6) is 0 Å². The number of rotatable bonds is 5. The maximum Gasteiger partial charge on any atom is 0.345 e. The van der Waals surface area contributed by atoms with Gasteiger partial charge in [-0.05, 0) is 37.8 Å². The van der Waals surface area contributed by atoms with E-state index in [1.807, 2.05) is 0 Å². The number of hydrogen-bond donors (Lipinski definition) is 2. The van der Waals surface area contributed by atoms with Gasteiger partial charge in [0.1, 0.15) is 4.88 Å². The Hall–Kier alpha value is -1.44. The molecule has 0 spiro atoms. The highest BCUT2D eigenvalue weighted by Crippen LogP contribution is 2.28. The monoisotopic (exact) mass is 338 g/mol. The van der Waals surface area contributed by atoms with Gasteiger partial charge in [-0.3, -0.25) is 9.69 Å². The molecule has 1 saturated carbocycles. The van der Waals surface area contributed by atoms with Crippen molar-refractivity contribution in [3.63, 3.8) is 0 Å². The summed E-state index contributed by atoms with van der Waals surface area (Å²) in [6, 6.07) is 3.56. The molecule has 3 rings (SSSR count). The Balaban J connectivity index is 1.61. The molecule has 7 heteroatoms. The average Bonchev–Trinajstić information content (AvgIpc) is 3.26. The molecule has 3 atom stereocenters. The number of carbonyl (C=O) groups excluding carboxylic acids is 1. The fraction of sp³-hybridized carbons (Fsp3) is 0.625. The molecule has 1 saturated heterocycles. The van der Waals surface area contributed by atoms with Crippen molar-refractivity contribution in [3.8, 4) is 0 Å². The Kier molecular flexibility index (Phi) is 4.99. The second-order valence-electron chi connectivity index (χ2n) is 6.19. The molecule has 2 heterocycles. The maximum absolute atomic E-state index is 12.4. The van der Waals surface area contributed by atoms with Crippen molar-refractivity contribution < 1.29 is 19.4 Å². The number of nitrogens with zero attached hydrogens (tertiary/aromatic N) is 1. The van der Waals surface area contributed by atoms with Crippen LogP contribution in [0.2, 0.25) is 0 Å². The summed E-state index contributed by atoms with van der Waals surface area (Å²) in [5.41, 5.74) is 0. The lowest BCUT2D eigenvalue weighted by Gasteiger charge is -2.29. The average molecular weight is 338 g/mol. The second-order valence-corrected chi connectivity index (χ2v) is 7.27. The molecule has 0 radical (unpaired) electrons. The molecular formula is C16H22N2O4S. The summed E-state index contributed by atoms with van der Waals surface area (Å²) in [7, 11) is 1.75. The summed E-state index contributed by atoms with van der Waals surface area (Å²) < 4.78 is 5.43. The number of aromatic carboxylic acids is 1. The van der Waals surface area contributed by atoms with Gasteiger partial charge in [-0.2, -0.15) is 0 Å². The van der Waals surface area contributed by atoms with E-state index in [0.29, 0.717) is 17.0 Å². The van der Waals surface area contributed by atoms with Crippen LogP contribution in [0.4, 0.5) is 0 Å². The molecule has 126 valence electrons. The largest absolute Gasteiger partial charge is 0.477 e. The van der Waals surface area contributed by atoms with Crippen LogP contribution in [0, 0.1) is 0 Å². The summed E-state index contributed by atoms with van der Waals surface area (Å²) in [5.74, 6) is -1.16. The van der Waals surface area contributed by atoms with Gasteiger partial charge in [0, 0.05) is 32.3 Å². The summed E-state index contributed by atoms with van der Waals surface area (Å²) in [6.07, 6.45) is 4.51.